The fraction of sp³-hybridized carbons (Fsp3) is 0.250. The van der Waals surface area contributed by atoms with Crippen LogP contribution in [0.2, 0.25) is 5.02 Å². The van der Waals surface area contributed by atoms with Gasteiger partial charge in [0.15, 0.2) is 0 Å². The van der Waals surface area contributed by atoms with Gasteiger partial charge in [-0.15, -0.1) is 0 Å². The summed E-state index contributed by atoms with van der Waals surface area (Å²) in [5.74, 6) is 0. The van der Waals surface area contributed by atoms with Crippen molar-refractivity contribution in [3.63, 3.8) is 0 Å². The van der Waals surface area contributed by atoms with E-state index in [-0.39, 0.29) is 0 Å². The van der Waals surface area contributed by atoms with E-state index >= 15 is 0 Å². The molecule has 0 saturated carbocycles. The van der Waals surface area contributed by atoms with E-state index in [4.69, 9.17) is 11.6 Å². The van der Waals surface area contributed by atoms with Gasteiger partial charge in [0.25, 0.3) is 0 Å². The fourth-order valence-electron chi connectivity index (χ4n) is 1.99. The molecule has 2 nitrogen and oxygen atoms in total. The smallest absolute Gasteiger partial charge is 0.0659 e. The first kappa shape index (κ1) is 13.8. The number of hydrogen-bond acceptors (Lipinski definition) is 2. The molecule has 19 heavy (non-hydrogen) atoms. The number of aryl methyl sites for hydroxylation is 1. The standard InChI is InChI=1S/C16H19ClN2/c1-12-6-4-5-7-13(12)11-18-14-8-9-16(19(2)3)15(17)10-14/h4-10,18H,11H2,1-3H3. The van der Waals surface area contributed by atoms with Crippen molar-refractivity contribution in [1.29, 1.82) is 0 Å². The van der Waals surface area contributed by atoms with Gasteiger partial charge in [0.2, 0.25) is 0 Å². The van der Waals surface area contributed by atoms with Crippen molar-refractivity contribution in [3.05, 3.63) is 58.6 Å². The third-order valence-corrected chi connectivity index (χ3v) is 3.48. The zero-order chi connectivity index (χ0) is 13.8. The SMILES string of the molecule is Cc1ccccc1CNc1ccc(N(C)C)c(Cl)c1. The van der Waals surface area contributed by atoms with Crippen LogP contribution in [0.4, 0.5) is 11.4 Å². The molecule has 2 rings (SSSR count). The number of rotatable bonds is 4. The van der Waals surface area contributed by atoms with Crippen LogP contribution in [0.3, 0.4) is 0 Å². The van der Waals surface area contributed by atoms with Crippen molar-refractivity contribution < 1.29 is 0 Å². The second kappa shape index (κ2) is 5.98. The molecule has 0 saturated heterocycles. The lowest BCUT2D eigenvalue weighted by Crippen LogP contribution is -2.09. The minimum Gasteiger partial charge on any atom is -0.381 e. The van der Waals surface area contributed by atoms with Crippen LogP contribution in [0.25, 0.3) is 0 Å². The Bertz CT molecular complexity index is 564. The summed E-state index contributed by atoms with van der Waals surface area (Å²) in [5, 5.41) is 4.17. The number of nitrogens with zero attached hydrogens (tertiary/aromatic N) is 1. The molecule has 0 atom stereocenters. The maximum Gasteiger partial charge on any atom is 0.0659 e. The molecule has 2 aromatic rings. The second-order valence-electron chi connectivity index (χ2n) is 4.84. The molecule has 1 N–H and O–H groups in total. The number of anilines is 2. The molecule has 0 radical (unpaired) electrons. The Morgan fingerprint density at radius 2 is 1.84 bits per heavy atom. The molecule has 100 valence electrons. The highest BCUT2D eigenvalue weighted by atomic mass is 35.5. The van der Waals surface area contributed by atoms with Crippen molar-refractivity contribution in [2.24, 2.45) is 0 Å². The van der Waals surface area contributed by atoms with Crippen LogP contribution >= 0.6 is 11.6 Å². The molecule has 0 heterocycles. The van der Waals surface area contributed by atoms with E-state index in [0.29, 0.717) is 0 Å². The summed E-state index contributed by atoms with van der Waals surface area (Å²) < 4.78 is 0. The summed E-state index contributed by atoms with van der Waals surface area (Å²) in [6.45, 7) is 2.93. The highest BCUT2D eigenvalue weighted by Gasteiger charge is 2.04. The fourth-order valence-corrected chi connectivity index (χ4v) is 2.33. The minimum atomic E-state index is 0.764. The summed E-state index contributed by atoms with van der Waals surface area (Å²) >= 11 is 6.26. The van der Waals surface area contributed by atoms with Crippen LogP contribution in [0.15, 0.2) is 42.5 Å². The van der Waals surface area contributed by atoms with Crippen LogP contribution in [0, 0.1) is 6.92 Å². The van der Waals surface area contributed by atoms with E-state index in [1.54, 1.807) is 0 Å². The van der Waals surface area contributed by atoms with Crippen LogP contribution < -0.4 is 10.2 Å². The molecule has 0 amide bonds. The zero-order valence-electron chi connectivity index (χ0n) is 11.6. The highest BCUT2D eigenvalue weighted by Crippen LogP contribution is 2.27. The molecule has 0 bridgehead atoms. The monoisotopic (exact) mass is 274 g/mol. The average Bonchev–Trinajstić information content (AvgIpc) is 2.37. The van der Waals surface area contributed by atoms with E-state index in [9.17, 15) is 0 Å². The van der Waals surface area contributed by atoms with Gasteiger partial charge in [0.1, 0.15) is 0 Å². The Labute approximate surface area is 120 Å². The average molecular weight is 275 g/mol. The van der Waals surface area contributed by atoms with Gasteiger partial charge in [-0.05, 0) is 36.2 Å². The summed E-state index contributed by atoms with van der Waals surface area (Å²) in [6, 6.07) is 14.4. The van der Waals surface area contributed by atoms with Crippen molar-refractivity contribution in [2.75, 3.05) is 24.3 Å². The first-order chi connectivity index (χ1) is 9.08. The summed E-state index contributed by atoms with van der Waals surface area (Å²) in [7, 11) is 3.98. The summed E-state index contributed by atoms with van der Waals surface area (Å²) in [6.07, 6.45) is 0. The van der Waals surface area contributed by atoms with Crippen LogP contribution in [0.5, 0.6) is 0 Å². The van der Waals surface area contributed by atoms with Gasteiger partial charge < -0.3 is 10.2 Å². The quantitative estimate of drug-likeness (QED) is 0.893. The first-order valence-corrected chi connectivity index (χ1v) is 6.71. The Morgan fingerprint density at radius 1 is 1.11 bits per heavy atom. The maximum absolute atomic E-state index is 6.26. The topological polar surface area (TPSA) is 15.3 Å². The Morgan fingerprint density at radius 3 is 2.47 bits per heavy atom. The van der Waals surface area contributed by atoms with Crippen molar-refractivity contribution in [3.8, 4) is 0 Å². The number of halogens is 1. The van der Waals surface area contributed by atoms with Crippen molar-refractivity contribution >= 4 is 23.0 Å². The molecule has 0 fully saturated rings. The molecule has 3 heteroatoms. The molecule has 0 spiro atoms. The summed E-state index contributed by atoms with van der Waals surface area (Å²) in [5.41, 5.74) is 4.67. The van der Waals surface area contributed by atoms with Crippen LogP contribution in [0.1, 0.15) is 11.1 Å². The highest BCUT2D eigenvalue weighted by molar-refractivity contribution is 6.33. The van der Waals surface area contributed by atoms with Crippen molar-refractivity contribution in [2.45, 2.75) is 13.5 Å². The zero-order valence-corrected chi connectivity index (χ0v) is 12.3. The van der Waals surface area contributed by atoms with E-state index in [2.05, 4.69) is 42.6 Å². The third-order valence-electron chi connectivity index (χ3n) is 3.17. The number of hydrogen-bond donors (Lipinski definition) is 1. The van der Waals surface area contributed by atoms with E-state index in [0.717, 1.165) is 22.9 Å². The Kier molecular flexibility index (Phi) is 4.33. The van der Waals surface area contributed by atoms with E-state index in [1.807, 2.05) is 31.1 Å². The van der Waals surface area contributed by atoms with Crippen molar-refractivity contribution in [1.82, 2.24) is 0 Å². The molecule has 0 aliphatic rings. The van der Waals surface area contributed by atoms with Gasteiger partial charge in [-0.25, -0.2) is 0 Å². The second-order valence-corrected chi connectivity index (χ2v) is 5.25. The molecule has 0 aliphatic heterocycles. The predicted molar refractivity (Wildman–Crippen MR) is 84.3 cm³/mol. The first-order valence-electron chi connectivity index (χ1n) is 6.33. The molecular formula is C16H19ClN2. The van der Waals surface area contributed by atoms with Gasteiger partial charge >= 0.3 is 0 Å². The van der Waals surface area contributed by atoms with E-state index in [1.165, 1.54) is 11.1 Å². The Balaban J connectivity index is 2.08. The Hall–Kier alpha value is -1.67. The normalized spacial score (nSPS) is 10.3. The van der Waals surface area contributed by atoms with E-state index < -0.39 is 0 Å². The van der Waals surface area contributed by atoms with Gasteiger partial charge in [-0.3, -0.25) is 0 Å². The molecule has 0 unspecified atom stereocenters. The summed E-state index contributed by atoms with van der Waals surface area (Å²) in [4.78, 5) is 2.01. The largest absolute Gasteiger partial charge is 0.381 e. The minimum absolute atomic E-state index is 0.764. The van der Waals surface area contributed by atoms with Gasteiger partial charge in [-0.1, -0.05) is 35.9 Å². The van der Waals surface area contributed by atoms with Gasteiger partial charge in [0, 0.05) is 26.3 Å². The van der Waals surface area contributed by atoms with Crippen LogP contribution in [-0.2, 0) is 6.54 Å². The third kappa shape index (κ3) is 3.42. The van der Waals surface area contributed by atoms with Gasteiger partial charge in [-0.2, -0.15) is 0 Å². The number of benzene rings is 2. The number of nitrogens with one attached hydrogen (secondary N) is 1. The molecule has 0 aromatic heterocycles. The predicted octanol–water partition coefficient (Wildman–Crippen LogP) is 4.33. The molecule has 2 aromatic carbocycles. The molecular weight excluding hydrogens is 256 g/mol. The lowest BCUT2D eigenvalue weighted by molar-refractivity contribution is 1.11. The maximum atomic E-state index is 6.26. The van der Waals surface area contributed by atoms with Gasteiger partial charge in [0.05, 0.1) is 10.7 Å². The van der Waals surface area contributed by atoms with Crippen LogP contribution in [-0.4, -0.2) is 14.1 Å². The lowest BCUT2D eigenvalue weighted by atomic mass is 10.1. The lowest BCUT2D eigenvalue weighted by Gasteiger charge is -2.16. The molecule has 0 aliphatic carbocycles.